The molecular formula is C24H33N3O5S. The summed E-state index contributed by atoms with van der Waals surface area (Å²) in [5.74, 6) is 1.64. The normalized spacial score (nSPS) is 15.9. The van der Waals surface area contributed by atoms with E-state index in [1.807, 2.05) is 31.2 Å². The molecule has 0 spiro atoms. The van der Waals surface area contributed by atoms with Gasteiger partial charge in [0, 0.05) is 37.8 Å². The third-order valence-electron chi connectivity index (χ3n) is 5.96. The lowest BCUT2D eigenvalue weighted by Crippen LogP contribution is -2.53. The number of nitrogens with zero attached hydrogens (tertiary/aromatic N) is 2. The van der Waals surface area contributed by atoms with Crippen molar-refractivity contribution in [3.63, 3.8) is 0 Å². The minimum absolute atomic E-state index is 0.237. The van der Waals surface area contributed by atoms with E-state index < -0.39 is 10.0 Å². The molecule has 1 heterocycles. The fourth-order valence-corrected chi connectivity index (χ4v) is 5.26. The topological polar surface area (TPSA) is 88.2 Å². The zero-order chi connectivity index (χ0) is 24.2. The minimum atomic E-state index is -3.59. The summed E-state index contributed by atoms with van der Waals surface area (Å²) in [5.41, 5.74) is 1.93. The molecule has 1 unspecified atom stereocenters. The van der Waals surface area contributed by atoms with Gasteiger partial charge in [0.15, 0.2) is 0 Å². The number of amides is 2. The molecule has 2 amide bonds. The molecule has 3 rings (SSSR count). The van der Waals surface area contributed by atoms with Gasteiger partial charge in [-0.2, -0.15) is 4.31 Å². The molecule has 1 aliphatic rings. The van der Waals surface area contributed by atoms with Crippen LogP contribution in [0.15, 0.2) is 47.4 Å². The first-order valence-electron chi connectivity index (χ1n) is 11.0. The number of methoxy groups -OCH3 is 2. The van der Waals surface area contributed by atoms with Gasteiger partial charge in [-0.15, -0.1) is 0 Å². The number of ether oxygens (including phenoxy) is 2. The van der Waals surface area contributed by atoms with Crippen LogP contribution >= 0.6 is 0 Å². The average Bonchev–Trinajstić information content (AvgIpc) is 2.83. The Kier molecular flexibility index (Phi) is 7.86. The molecule has 2 aromatic rings. The fourth-order valence-electron chi connectivity index (χ4n) is 3.84. The van der Waals surface area contributed by atoms with Gasteiger partial charge in [-0.3, -0.25) is 0 Å². The van der Waals surface area contributed by atoms with Crippen molar-refractivity contribution in [2.75, 3.05) is 40.4 Å². The second kappa shape index (κ2) is 10.4. The second-order valence-corrected chi connectivity index (χ2v) is 10.3. The van der Waals surface area contributed by atoms with Gasteiger partial charge in [-0.05, 0) is 42.7 Å². The van der Waals surface area contributed by atoms with E-state index in [0.29, 0.717) is 30.5 Å². The SMILES string of the molecule is COc1ccc(C(C)NC(=O)N2CCN(S(=O)(=O)c3ccc(C(C)C)cc3)CC2)c(OC)c1. The van der Waals surface area contributed by atoms with Crippen LogP contribution in [0.5, 0.6) is 11.5 Å². The predicted octanol–water partition coefficient (Wildman–Crippen LogP) is 3.60. The number of urea groups is 1. The van der Waals surface area contributed by atoms with Crippen molar-refractivity contribution in [2.45, 2.75) is 37.6 Å². The standard InChI is InChI=1S/C24H33N3O5S/c1-17(2)19-6-9-21(10-7-19)33(29,30)27-14-12-26(13-15-27)24(28)25-18(3)22-11-8-20(31-4)16-23(22)32-5/h6-11,16-18H,12-15H2,1-5H3,(H,25,28). The van der Waals surface area contributed by atoms with Crippen LogP contribution in [0.2, 0.25) is 0 Å². The highest BCUT2D eigenvalue weighted by atomic mass is 32.2. The number of hydrogen-bond donors (Lipinski definition) is 1. The summed E-state index contributed by atoms with van der Waals surface area (Å²) in [5, 5.41) is 2.98. The van der Waals surface area contributed by atoms with Gasteiger partial charge in [-0.1, -0.05) is 26.0 Å². The number of nitrogens with one attached hydrogen (secondary N) is 1. The molecular weight excluding hydrogens is 442 g/mol. The molecule has 1 saturated heterocycles. The van der Waals surface area contributed by atoms with Crippen LogP contribution in [-0.4, -0.2) is 64.1 Å². The van der Waals surface area contributed by atoms with Crippen molar-refractivity contribution in [3.05, 3.63) is 53.6 Å². The molecule has 1 atom stereocenters. The third kappa shape index (κ3) is 5.59. The number of piperazine rings is 1. The molecule has 180 valence electrons. The molecule has 1 N–H and O–H groups in total. The maximum Gasteiger partial charge on any atom is 0.317 e. The van der Waals surface area contributed by atoms with Gasteiger partial charge in [0.1, 0.15) is 11.5 Å². The van der Waals surface area contributed by atoms with Crippen molar-refractivity contribution in [3.8, 4) is 11.5 Å². The molecule has 0 radical (unpaired) electrons. The molecule has 0 aromatic heterocycles. The summed E-state index contributed by atoms with van der Waals surface area (Å²) >= 11 is 0. The van der Waals surface area contributed by atoms with Crippen LogP contribution in [0.3, 0.4) is 0 Å². The fraction of sp³-hybridized carbons (Fsp3) is 0.458. The van der Waals surface area contributed by atoms with Crippen LogP contribution < -0.4 is 14.8 Å². The summed E-state index contributed by atoms with van der Waals surface area (Å²) in [6.07, 6.45) is 0. The number of benzene rings is 2. The summed E-state index contributed by atoms with van der Waals surface area (Å²) < 4.78 is 38.1. The van der Waals surface area contributed by atoms with E-state index in [-0.39, 0.29) is 30.1 Å². The van der Waals surface area contributed by atoms with Gasteiger partial charge in [0.05, 0.1) is 25.2 Å². The molecule has 1 fully saturated rings. The maximum absolute atomic E-state index is 13.0. The average molecular weight is 476 g/mol. The molecule has 8 nitrogen and oxygen atoms in total. The van der Waals surface area contributed by atoms with E-state index in [4.69, 9.17) is 9.47 Å². The Morgan fingerprint density at radius 1 is 0.939 bits per heavy atom. The Balaban J connectivity index is 1.60. The summed E-state index contributed by atoms with van der Waals surface area (Å²) in [4.78, 5) is 14.7. The molecule has 0 aliphatic carbocycles. The van der Waals surface area contributed by atoms with Crippen LogP contribution in [-0.2, 0) is 10.0 Å². The van der Waals surface area contributed by atoms with Crippen molar-refractivity contribution in [2.24, 2.45) is 0 Å². The minimum Gasteiger partial charge on any atom is -0.497 e. The van der Waals surface area contributed by atoms with E-state index in [0.717, 1.165) is 11.1 Å². The Bertz CT molecular complexity index is 1060. The number of hydrogen-bond acceptors (Lipinski definition) is 5. The van der Waals surface area contributed by atoms with Crippen LogP contribution in [0.25, 0.3) is 0 Å². The van der Waals surface area contributed by atoms with Crippen molar-refractivity contribution in [1.29, 1.82) is 0 Å². The Morgan fingerprint density at radius 3 is 2.12 bits per heavy atom. The lowest BCUT2D eigenvalue weighted by atomic mass is 10.0. The van der Waals surface area contributed by atoms with Crippen LogP contribution in [0.4, 0.5) is 4.79 Å². The van der Waals surface area contributed by atoms with Crippen LogP contribution in [0, 0.1) is 0 Å². The predicted molar refractivity (Wildman–Crippen MR) is 127 cm³/mol. The monoisotopic (exact) mass is 475 g/mol. The first-order valence-corrected chi connectivity index (χ1v) is 12.5. The molecule has 33 heavy (non-hydrogen) atoms. The van der Waals surface area contributed by atoms with E-state index in [1.165, 1.54) is 4.31 Å². The number of rotatable bonds is 7. The lowest BCUT2D eigenvalue weighted by Gasteiger charge is -2.34. The van der Waals surface area contributed by atoms with Crippen LogP contribution in [0.1, 0.15) is 43.9 Å². The van der Waals surface area contributed by atoms with Gasteiger partial charge in [0.2, 0.25) is 10.0 Å². The Morgan fingerprint density at radius 2 is 1.58 bits per heavy atom. The summed E-state index contributed by atoms with van der Waals surface area (Å²) in [7, 11) is -0.433. The number of carbonyl (C=O) groups excluding carboxylic acids is 1. The zero-order valence-electron chi connectivity index (χ0n) is 19.9. The molecule has 0 saturated carbocycles. The first kappa shape index (κ1) is 24.9. The summed E-state index contributed by atoms with van der Waals surface area (Å²) in [6, 6.07) is 12.0. The van der Waals surface area contributed by atoms with Crippen molar-refractivity contribution in [1.82, 2.24) is 14.5 Å². The number of carbonyl (C=O) groups is 1. The lowest BCUT2D eigenvalue weighted by molar-refractivity contribution is 0.169. The maximum atomic E-state index is 13.0. The molecule has 0 bridgehead atoms. The number of sulfonamides is 1. The van der Waals surface area contributed by atoms with Crippen molar-refractivity contribution < 1.29 is 22.7 Å². The van der Waals surface area contributed by atoms with Gasteiger partial charge < -0.3 is 19.7 Å². The highest BCUT2D eigenvalue weighted by Crippen LogP contribution is 2.29. The molecule has 9 heteroatoms. The van der Waals surface area contributed by atoms with E-state index in [1.54, 1.807) is 37.3 Å². The zero-order valence-corrected chi connectivity index (χ0v) is 20.7. The van der Waals surface area contributed by atoms with Gasteiger partial charge >= 0.3 is 6.03 Å². The van der Waals surface area contributed by atoms with E-state index in [2.05, 4.69) is 19.2 Å². The summed E-state index contributed by atoms with van der Waals surface area (Å²) in [6.45, 7) is 7.16. The molecule has 1 aliphatic heterocycles. The van der Waals surface area contributed by atoms with Gasteiger partial charge in [0.25, 0.3) is 0 Å². The molecule has 2 aromatic carbocycles. The Hall–Kier alpha value is -2.78. The van der Waals surface area contributed by atoms with E-state index in [9.17, 15) is 13.2 Å². The largest absolute Gasteiger partial charge is 0.497 e. The highest BCUT2D eigenvalue weighted by molar-refractivity contribution is 7.89. The van der Waals surface area contributed by atoms with E-state index >= 15 is 0 Å². The second-order valence-electron chi connectivity index (χ2n) is 8.39. The third-order valence-corrected chi connectivity index (χ3v) is 7.87. The van der Waals surface area contributed by atoms with Gasteiger partial charge in [-0.25, -0.2) is 13.2 Å². The van der Waals surface area contributed by atoms with Crippen molar-refractivity contribution >= 4 is 16.1 Å². The Labute approximate surface area is 196 Å². The smallest absolute Gasteiger partial charge is 0.317 e. The highest BCUT2D eigenvalue weighted by Gasteiger charge is 2.30. The first-order chi connectivity index (χ1) is 15.7. The quantitative estimate of drug-likeness (QED) is 0.661.